The van der Waals surface area contributed by atoms with Gasteiger partial charge in [-0.05, 0) is 24.1 Å². The molecule has 28 heavy (non-hydrogen) atoms. The Balaban J connectivity index is 1.77. The number of anilines is 1. The Labute approximate surface area is 166 Å². The maximum Gasteiger partial charge on any atom is 0.196 e. The number of carbonyl (C=O) groups excluding carboxylic acids is 1. The molecule has 1 atom stereocenters. The van der Waals surface area contributed by atoms with Gasteiger partial charge in [-0.25, -0.2) is 0 Å². The second-order valence-corrected chi connectivity index (χ2v) is 8.09. The van der Waals surface area contributed by atoms with E-state index in [0.717, 1.165) is 17.8 Å². The molecule has 0 spiro atoms. The fourth-order valence-electron chi connectivity index (χ4n) is 4.08. The fourth-order valence-corrected chi connectivity index (χ4v) is 4.08. The van der Waals surface area contributed by atoms with Gasteiger partial charge in [0.25, 0.3) is 0 Å². The van der Waals surface area contributed by atoms with E-state index in [2.05, 4.69) is 37.8 Å². The molecular formula is C25H25NO2. The zero-order valence-corrected chi connectivity index (χ0v) is 16.5. The van der Waals surface area contributed by atoms with E-state index in [9.17, 15) is 9.90 Å². The van der Waals surface area contributed by atoms with Gasteiger partial charge in [-0.3, -0.25) is 4.79 Å². The van der Waals surface area contributed by atoms with Gasteiger partial charge in [-0.15, -0.1) is 0 Å². The first-order valence-electron chi connectivity index (χ1n) is 9.67. The minimum atomic E-state index is -0.147. The standard InChI is InChI=1S/C25H25NO2/c1-17-25(2,3)21-14-20(24(28)19-12-8-5-9-13-19)23(27)15-22(21)26(17)16-18-10-6-4-7-11-18/h4-15,17,27H,16H2,1-3H3. The number of nitrogens with zero attached hydrogens (tertiary/aromatic N) is 1. The molecule has 0 amide bonds. The predicted octanol–water partition coefficient (Wildman–Crippen LogP) is 5.31. The van der Waals surface area contributed by atoms with Gasteiger partial charge in [-0.1, -0.05) is 74.5 Å². The van der Waals surface area contributed by atoms with E-state index in [-0.39, 0.29) is 23.0 Å². The third kappa shape index (κ3) is 2.97. The summed E-state index contributed by atoms with van der Waals surface area (Å²) in [6.07, 6.45) is 0. The van der Waals surface area contributed by atoms with E-state index in [1.807, 2.05) is 42.5 Å². The molecule has 3 heteroatoms. The average Bonchev–Trinajstić information content (AvgIpc) is 2.88. The number of benzene rings is 3. The number of carbonyl (C=O) groups is 1. The lowest BCUT2D eigenvalue weighted by molar-refractivity contribution is 0.103. The molecule has 1 aliphatic rings. The van der Waals surface area contributed by atoms with E-state index < -0.39 is 0 Å². The normalized spacial score (nSPS) is 17.4. The molecule has 1 unspecified atom stereocenters. The third-order valence-corrected chi connectivity index (χ3v) is 6.11. The molecule has 142 valence electrons. The minimum absolute atomic E-state index is 0.0376. The van der Waals surface area contributed by atoms with Gasteiger partial charge in [0.1, 0.15) is 5.75 Å². The van der Waals surface area contributed by atoms with E-state index in [0.29, 0.717) is 11.1 Å². The van der Waals surface area contributed by atoms with Crippen molar-refractivity contribution >= 4 is 11.5 Å². The van der Waals surface area contributed by atoms with E-state index >= 15 is 0 Å². The monoisotopic (exact) mass is 371 g/mol. The van der Waals surface area contributed by atoms with Crippen molar-refractivity contribution in [3.63, 3.8) is 0 Å². The number of phenols is 1. The van der Waals surface area contributed by atoms with Gasteiger partial charge < -0.3 is 10.0 Å². The summed E-state index contributed by atoms with van der Waals surface area (Å²) in [7, 11) is 0. The number of phenolic OH excluding ortho intramolecular Hbond substituents is 1. The minimum Gasteiger partial charge on any atom is -0.507 e. The van der Waals surface area contributed by atoms with Crippen molar-refractivity contribution in [1.29, 1.82) is 0 Å². The predicted molar refractivity (Wildman–Crippen MR) is 113 cm³/mol. The van der Waals surface area contributed by atoms with Crippen LogP contribution in [-0.2, 0) is 12.0 Å². The van der Waals surface area contributed by atoms with Crippen LogP contribution in [0.4, 0.5) is 5.69 Å². The Kier molecular flexibility index (Phi) is 4.46. The van der Waals surface area contributed by atoms with Crippen molar-refractivity contribution in [2.75, 3.05) is 4.90 Å². The highest BCUT2D eigenvalue weighted by molar-refractivity contribution is 6.11. The lowest BCUT2D eigenvalue weighted by Gasteiger charge is -2.31. The number of fused-ring (bicyclic) bond motifs is 1. The highest BCUT2D eigenvalue weighted by atomic mass is 16.3. The van der Waals surface area contributed by atoms with E-state index in [4.69, 9.17) is 0 Å². The number of rotatable bonds is 4. The molecule has 0 radical (unpaired) electrons. The Morgan fingerprint density at radius 2 is 1.61 bits per heavy atom. The highest BCUT2D eigenvalue weighted by Gasteiger charge is 2.42. The Morgan fingerprint density at radius 3 is 2.25 bits per heavy atom. The zero-order valence-electron chi connectivity index (χ0n) is 16.5. The van der Waals surface area contributed by atoms with Gasteiger partial charge >= 0.3 is 0 Å². The molecule has 0 aliphatic carbocycles. The first-order chi connectivity index (χ1) is 13.4. The van der Waals surface area contributed by atoms with Crippen molar-refractivity contribution in [2.24, 2.45) is 0 Å². The quantitative estimate of drug-likeness (QED) is 0.632. The van der Waals surface area contributed by atoms with Gasteiger partial charge in [-0.2, -0.15) is 0 Å². The van der Waals surface area contributed by atoms with Crippen LogP contribution < -0.4 is 4.90 Å². The number of aromatic hydroxyl groups is 1. The van der Waals surface area contributed by atoms with Crippen molar-refractivity contribution in [3.05, 3.63) is 95.1 Å². The summed E-state index contributed by atoms with van der Waals surface area (Å²) in [5.41, 5.74) is 4.15. The SMILES string of the molecule is CC1N(Cc2ccccc2)c2cc(O)c(C(=O)c3ccccc3)cc2C1(C)C. The topological polar surface area (TPSA) is 40.5 Å². The average molecular weight is 371 g/mol. The van der Waals surface area contributed by atoms with Crippen LogP contribution in [0.1, 0.15) is 47.8 Å². The molecule has 1 heterocycles. The summed E-state index contributed by atoms with van der Waals surface area (Å²) < 4.78 is 0. The molecule has 3 nitrogen and oxygen atoms in total. The molecule has 0 bridgehead atoms. The Morgan fingerprint density at radius 1 is 1.00 bits per heavy atom. The largest absolute Gasteiger partial charge is 0.507 e. The summed E-state index contributed by atoms with van der Waals surface area (Å²) >= 11 is 0. The fraction of sp³-hybridized carbons (Fsp3) is 0.240. The van der Waals surface area contributed by atoms with Crippen LogP contribution in [-0.4, -0.2) is 16.9 Å². The summed E-state index contributed by atoms with van der Waals surface area (Å²) in [5.74, 6) is -0.110. The van der Waals surface area contributed by atoms with Crippen molar-refractivity contribution in [2.45, 2.75) is 38.8 Å². The molecule has 1 N–H and O–H groups in total. The van der Waals surface area contributed by atoms with Crippen LogP contribution in [0.15, 0.2) is 72.8 Å². The van der Waals surface area contributed by atoms with Crippen molar-refractivity contribution in [3.8, 4) is 5.75 Å². The van der Waals surface area contributed by atoms with E-state index in [1.54, 1.807) is 18.2 Å². The molecular weight excluding hydrogens is 346 g/mol. The smallest absolute Gasteiger partial charge is 0.196 e. The maximum atomic E-state index is 13.0. The van der Waals surface area contributed by atoms with E-state index in [1.165, 1.54) is 5.56 Å². The van der Waals surface area contributed by atoms with Gasteiger partial charge in [0.2, 0.25) is 0 Å². The summed E-state index contributed by atoms with van der Waals surface area (Å²) in [6, 6.07) is 23.3. The van der Waals surface area contributed by atoms with Crippen LogP contribution >= 0.6 is 0 Å². The lowest BCUT2D eigenvalue weighted by Crippen LogP contribution is -2.38. The first-order valence-corrected chi connectivity index (χ1v) is 9.67. The zero-order chi connectivity index (χ0) is 19.9. The van der Waals surface area contributed by atoms with Crippen LogP contribution in [0.25, 0.3) is 0 Å². The van der Waals surface area contributed by atoms with Gasteiger partial charge in [0.05, 0.1) is 5.56 Å². The number of hydrogen-bond acceptors (Lipinski definition) is 3. The van der Waals surface area contributed by atoms with Crippen LogP contribution in [0.2, 0.25) is 0 Å². The van der Waals surface area contributed by atoms with Crippen LogP contribution in [0.5, 0.6) is 5.75 Å². The van der Waals surface area contributed by atoms with Gasteiger partial charge in [0, 0.05) is 35.3 Å². The van der Waals surface area contributed by atoms with Crippen LogP contribution in [0, 0.1) is 0 Å². The van der Waals surface area contributed by atoms with Crippen molar-refractivity contribution in [1.82, 2.24) is 0 Å². The Hall–Kier alpha value is -3.07. The van der Waals surface area contributed by atoms with Crippen LogP contribution in [0.3, 0.4) is 0 Å². The highest BCUT2D eigenvalue weighted by Crippen LogP contribution is 2.48. The molecule has 0 saturated heterocycles. The Bertz CT molecular complexity index is 1010. The summed E-state index contributed by atoms with van der Waals surface area (Å²) in [6.45, 7) is 7.38. The van der Waals surface area contributed by atoms with Gasteiger partial charge in [0.15, 0.2) is 5.78 Å². The summed E-state index contributed by atoms with van der Waals surface area (Å²) in [4.78, 5) is 15.3. The molecule has 0 saturated carbocycles. The molecule has 0 aromatic heterocycles. The third-order valence-electron chi connectivity index (χ3n) is 6.11. The molecule has 3 aromatic rings. The molecule has 3 aromatic carbocycles. The van der Waals surface area contributed by atoms with Crippen molar-refractivity contribution < 1.29 is 9.90 Å². The second kappa shape index (κ2) is 6.83. The number of ketones is 1. The molecule has 1 aliphatic heterocycles. The first kappa shape index (κ1) is 18.3. The second-order valence-electron chi connectivity index (χ2n) is 8.09. The summed E-state index contributed by atoms with van der Waals surface area (Å²) in [5, 5.41) is 10.7. The molecule has 4 rings (SSSR count). The maximum absolute atomic E-state index is 13.0. The lowest BCUT2D eigenvalue weighted by atomic mass is 9.80. The number of hydrogen-bond donors (Lipinski definition) is 1. The molecule has 0 fully saturated rings.